The zero-order chi connectivity index (χ0) is 13.9. The van der Waals surface area contributed by atoms with Gasteiger partial charge in [-0.3, -0.25) is 0 Å². The number of nitrogens with zero attached hydrogens (tertiary/aromatic N) is 1. The molecule has 1 fully saturated rings. The van der Waals surface area contributed by atoms with E-state index in [1.54, 1.807) is 23.4 Å². The third kappa shape index (κ3) is 3.84. The molecule has 4 nitrogen and oxygen atoms in total. The fourth-order valence-corrected chi connectivity index (χ4v) is 3.46. The van der Waals surface area contributed by atoms with Gasteiger partial charge in [0.15, 0.2) is 0 Å². The number of benzene rings is 1. The van der Waals surface area contributed by atoms with Gasteiger partial charge in [-0.25, -0.2) is 12.7 Å². The molecule has 0 bridgehead atoms. The number of halogens is 1. The largest absolute Gasteiger partial charge is 0.490 e. The van der Waals surface area contributed by atoms with Gasteiger partial charge in [-0.15, -0.1) is 0 Å². The van der Waals surface area contributed by atoms with E-state index in [2.05, 4.69) is 0 Å². The highest BCUT2D eigenvalue weighted by molar-refractivity contribution is 7.89. The minimum Gasteiger partial charge on any atom is -0.490 e. The number of hydrogen-bond donors (Lipinski definition) is 0. The van der Waals surface area contributed by atoms with E-state index >= 15 is 0 Å². The van der Waals surface area contributed by atoms with Crippen LogP contribution in [0.25, 0.3) is 0 Å². The molecule has 106 valence electrons. The Morgan fingerprint density at radius 1 is 1.37 bits per heavy atom. The highest BCUT2D eigenvalue weighted by atomic mass is 35.5. The zero-order valence-electron chi connectivity index (χ0n) is 10.9. The van der Waals surface area contributed by atoms with Crippen LogP contribution in [0, 0.1) is 0 Å². The van der Waals surface area contributed by atoms with Crippen LogP contribution in [0.15, 0.2) is 24.3 Å². The lowest BCUT2D eigenvalue weighted by Crippen LogP contribution is -2.42. The molecule has 1 aromatic rings. The Morgan fingerprint density at radius 2 is 2.05 bits per heavy atom. The number of hydrogen-bond acceptors (Lipinski definition) is 3. The van der Waals surface area contributed by atoms with Crippen molar-refractivity contribution in [2.75, 3.05) is 18.8 Å². The van der Waals surface area contributed by atoms with Crippen LogP contribution in [-0.2, 0) is 10.0 Å². The summed E-state index contributed by atoms with van der Waals surface area (Å²) in [6, 6.07) is 7.27. The summed E-state index contributed by atoms with van der Waals surface area (Å²) in [5.74, 6) is 0.900. The number of sulfonamides is 1. The zero-order valence-corrected chi connectivity index (χ0v) is 12.5. The monoisotopic (exact) mass is 303 g/mol. The highest BCUT2D eigenvalue weighted by Gasteiger charge is 2.27. The van der Waals surface area contributed by atoms with Gasteiger partial charge >= 0.3 is 0 Å². The van der Waals surface area contributed by atoms with E-state index < -0.39 is 10.0 Å². The van der Waals surface area contributed by atoms with E-state index in [1.807, 2.05) is 12.1 Å². The van der Waals surface area contributed by atoms with Gasteiger partial charge in [-0.05, 0) is 38.0 Å². The lowest BCUT2D eigenvalue weighted by molar-refractivity contribution is 0.135. The number of ether oxygens (including phenoxy) is 1. The highest BCUT2D eigenvalue weighted by Crippen LogP contribution is 2.23. The van der Waals surface area contributed by atoms with Crippen LogP contribution in [0.5, 0.6) is 5.75 Å². The first-order chi connectivity index (χ1) is 9.01. The molecule has 2 rings (SSSR count). The van der Waals surface area contributed by atoms with Gasteiger partial charge in [0.1, 0.15) is 11.9 Å². The summed E-state index contributed by atoms with van der Waals surface area (Å²) < 4.78 is 30.8. The first kappa shape index (κ1) is 14.6. The molecule has 1 aliphatic rings. The molecule has 0 saturated carbocycles. The van der Waals surface area contributed by atoms with Crippen molar-refractivity contribution in [3.8, 4) is 5.75 Å². The molecule has 19 heavy (non-hydrogen) atoms. The Hall–Kier alpha value is -0.780. The first-order valence-electron chi connectivity index (χ1n) is 6.41. The van der Waals surface area contributed by atoms with Crippen molar-refractivity contribution in [3.05, 3.63) is 29.3 Å². The van der Waals surface area contributed by atoms with Crippen molar-refractivity contribution >= 4 is 21.6 Å². The third-order valence-electron chi connectivity index (χ3n) is 3.26. The van der Waals surface area contributed by atoms with Crippen molar-refractivity contribution in [3.63, 3.8) is 0 Å². The van der Waals surface area contributed by atoms with Crippen LogP contribution in [-0.4, -0.2) is 37.7 Å². The van der Waals surface area contributed by atoms with Crippen LogP contribution in [0.1, 0.15) is 19.8 Å². The van der Waals surface area contributed by atoms with Gasteiger partial charge in [0.25, 0.3) is 0 Å². The van der Waals surface area contributed by atoms with Crippen molar-refractivity contribution < 1.29 is 13.2 Å². The van der Waals surface area contributed by atoms with E-state index in [9.17, 15) is 8.42 Å². The van der Waals surface area contributed by atoms with E-state index in [0.29, 0.717) is 31.0 Å². The Balaban J connectivity index is 1.91. The lowest BCUT2D eigenvalue weighted by Gasteiger charge is -2.31. The van der Waals surface area contributed by atoms with Gasteiger partial charge in [-0.1, -0.05) is 17.7 Å². The van der Waals surface area contributed by atoms with Gasteiger partial charge in [0.2, 0.25) is 10.0 Å². The second-order valence-corrected chi connectivity index (χ2v) is 7.27. The SMILES string of the molecule is CCS(=O)(=O)N1CCC(Oc2cccc(Cl)c2)CC1. The summed E-state index contributed by atoms with van der Waals surface area (Å²) in [7, 11) is -3.07. The first-order valence-corrected chi connectivity index (χ1v) is 8.40. The topological polar surface area (TPSA) is 46.6 Å². The summed E-state index contributed by atoms with van der Waals surface area (Å²) in [5, 5.41) is 0.642. The fourth-order valence-electron chi connectivity index (χ4n) is 2.14. The van der Waals surface area contributed by atoms with Gasteiger partial charge < -0.3 is 4.74 Å². The number of piperidine rings is 1. The Morgan fingerprint density at radius 3 is 2.63 bits per heavy atom. The molecule has 1 aromatic carbocycles. The summed E-state index contributed by atoms with van der Waals surface area (Å²) in [6.07, 6.45) is 1.49. The minimum absolute atomic E-state index is 0.0572. The van der Waals surface area contributed by atoms with Crippen molar-refractivity contribution in [2.45, 2.75) is 25.9 Å². The van der Waals surface area contributed by atoms with Crippen LogP contribution in [0.4, 0.5) is 0 Å². The average Bonchev–Trinajstić information content (AvgIpc) is 2.39. The maximum atomic E-state index is 11.7. The molecular formula is C13H18ClNO3S. The van der Waals surface area contributed by atoms with Gasteiger partial charge in [0, 0.05) is 18.1 Å². The fraction of sp³-hybridized carbons (Fsp3) is 0.538. The Labute approximate surface area is 119 Å². The quantitative estimate of drug-likeness (QED) is 0.859. The standard InChI is InChI=1S/C13H18ClNO3S/c1-2-19(16,17)15-8-6-12(7-9-15)18-13-5-3-4-11(14)10-13/h3-5,10,12H,2,6-9H2,1H3. The molecule has 1 saturated heterocycles. The smallest absolute Gasteiger partial charge is 0.213 e. The van der Waals surface area contributed by atoms with Crippen LogP contribution in [0.2, 0.25) is 5.02 Å². The van der Waals surface area contributed by atoms with Gasteiger partial charge in [0.05, 0.1) is 5.75 Å². The minimum atomic E-state index is -3.07. The molecule has 0 radical (unpaired) electrons. The van der Waals surface area contributed by atoms with Gasteiger partial charge in [-0.2, -0.15) is 0 Å². The molecule has 0 aromatic heterocycles. The summed E-state index contributed by atoms with van der Waals surface area (Å²) in [4.78, 5) is 0. The normalized spacial score (nSPS) is 18.4. The average molecular weight is 304 g/mol. The Bertz CT molecular complexity index is 524. The van der Waals surface area contributed by atoms with E-state index in [-0.39, 0.29) is 11.9 Å². The van der Waals surface area contributed by atoms with E-state index in [0.717, 1.165) is 5.75 Å². The lowest BCUT2D eigenvalue weighted by atomic mass is 10.1. The summed E-state index contributed by atoms with van der Waals surface area (Å²) in [6.45, 7) is 2.73. The molecule has 0 atom stereocenters. The number of rotatable bonds is 4. The maximum absolute atomic E-state index is 11.7. The van der Waals surface area contributed by atoms with Crippen LogP contribution < -0.4 is 4.74 Å². The molecule has 1 heterocycles. The van der Waals surface area contributed by atoms with E-state index in [1.165, 1.54) is 0 Å². The maximum Gasteiger partial charge on any atom is 0.213 e. The molecule has 1 aliphatic heterocycles. The molecular weight excluding hydrogens is 286 g/mol. The Kier molecular flexibility index (Phi) is 4.71. The molecule has 0 amide bonds. The van der Waals surface area contributed by atoms with E-state index in [4.69, 9.17) is 16.3 Å². The summed E-state index contributed by atoms with van der Waals surface area (Å²) in [5.41, 5.74) is 0. The van der Waals surface area contributed by atoms with Crippen LogP contribution in [0.3, 0.4) is 0 Å². The second-order valence-electron chi connectivity index (χ2n) is 4.57. The van der Waals surface area contributed by atoms with Crippen molar-refractivity contribution in [2.24, 2.45) is 0 Å². The van der Waals surface area contributed by atoms with Crippen LogP contribution >= 0.6 is 11.6 Å². The molecule has 0 unspecified atom stereocenters. The van der Waals surface area contributed by atoms with Crippen molar-refractivity contribution in [1.82, 2.24) is 4.31 Å². The predicted octanol–water partition coefficient (Wildman–Crippen LogP) is 2.53. The molecule has 0 N–H and O–H groups in total. The second kappa shape index (κ2) is 6.11. The molecule has 0 spiro atoms. The summed E-state index contributed by atoms with van der Waals surface area (Å²) >= 11 is 5.90. The molecule has 6 heteroatoms. The van der Waals surface area contributed by atoms with Crippen molar-refractivity contribution in [1.29, 1.82) is 0 Å². The predicted molar refractivity (Wildman–Crippen MR) is 76.1 cm³/mol. The molecule has 0 aliphatic carbocycles. The third-order valence-corrected chi connectivity index (χ3v) is 5.37.